The van der Waals surface area contributed by atoms with E-state index in [0.29, 0.717) is 0 Å². The fraction of sp³-hybridized carbons (Fsp3) is 0.250. The second kappa shape index (κ2) is 2.67. The lowest BCUT2D eigenvalue weighted by atomic mass is 10.5. The molecule has 0 rings (SSSR count). The SMILES string of the molecule is CC(=O)C#C[Si]. The lowest BCUT2D eigenvalue weighted by molar-refractivity contribution is -0.111. The molecular weight excluding hydrogens is 92.1 g/mol. The van der Waals surface area contributed by atoms with E-state index in [1.165, 1.54) is 6.92 Å². The van der Waals surface area contributed by atoms with Gasteiger partial charge in [0, 0.05) is 6.92 Å². The molecule has 0 saturated carbocycles. The highest BCUT2D eigenvalue weighted by Gasteiger charge is 1.72. The number of hydrogen-bond donors (Lipinski definition) is 0. The van der Waals surface area contributed by atoms with E-state index in [4.69, 9.17) is 0 Å². The lowest BCUT2D eigenvalue weighted by Gasteiger charge is -1.61. The van der Waals surface area contributed by atoms with Crippen molar-refractivity contribution in [3.63, 3.8) is 0 Å². The Morgan fingerprint density at radius 1 is 1.83 bits per heavy atom. The third kappa shape index (κ3) is 3.45. The van der Waals surface area contributed by atoms with Crippen LogP contribution in [0.3, 0.4) is 0 Å². The van der Waals surface area contributed by atoms with Crippen molar-refractivity contribution in [1.82, 2.24) is 0 Å². The zero-order chi connectivity index (χ0) is 4.99. The summed E-state index contributed by atoms with van der Waals surface area (Å²) < 4.78 is 0. The van der Waals surface area contributed by atoms with Gasteiger partial charge in [0.2, 0.25) is 5.78 Å². The molecule has 29 valence electrons. The number of ketones is 1. The molecule has 0 aliphatic carbocycles. The van der Waals surface area contributed by atoms with E-state index in [1.54, 1.807) is 0 Å². The van der Waals surface area contributed by atoms with Gasteiger partial charge in [-0.25, -0.2) is 0 Å². The summed E-state index contributed by atoms with van der Waals surface area (Å²) in [6, 6.07) is 0. The van der Waals surface area contributed by atoms with Gasteiger partial charge in [0.25, 0.3) is 0 Å². The summed E-state index contributed by atoms with van der Waals surface area (Å²) in [5.41, 5.74) is 2.27. The van der Waals surface area contributed by atoms with E-state index in [-0.39, 0.29) is 5.78 Å². The van der Waals surface area contributed by atoms with E-state index < -0.39 is 0 Å². The monoisotopic (exact) mass is 95.0 g/mol. The molecule has 0 aromatic carbocycles. The molecule has 0 bridgehead atoms. The highest BCUT2D eigenvalue weighted by atomic mass is 28.1. The summed E-state index contributed by atoms with van der Waals surface area (Å²) in [5, 5.41) is 0. The Bertz CT molecular complexity index is 106. The largest absolute Gasteiger partial charge is 0.285 e. The molecule has 0 unspecified atom stereocenters. The fourth-order valence-corrected chi connectivity index (χ4v) is 0.264. The van der Waals surface area contributed by atoms with Crippen LogP contribution in [0.2, 0.25) is 0 Å². The zero-order valence-corrected chi connectivity index (χ0v) is 4.41. The first-order valence-corrected chi connectivity index (χ1v) is 1.95. The molecular formula is C4H3OSi. The van der Waals surface area contributed by atoms with Crippen LogP contribution in [-0.4, -0.2) is 16.0 Å². The van der Waals surface area contributed by atoms with Gasteiger partial charge in [-0.05, 0) is 5.92 Å². The fourth-order valence-electron chi connectivity index (χ4n) is 0.0880. The second-order valence-corrected chi connectivity index (χ2v) is 1.06. The lowest BCUT2D eigenvalue weighted by Crippen LogP contribution is -1.78. The van der Waals surface area contributed by atoms with Crippen molar-refractivity contribution < 1.29 is 4.79 Å². The summed E-state index contributed by atoms with van der Waals surface area (Å²) >= 11 is 0. The van der Waals surface area contributed by atoms with Crippen LogP contribution in [0.4, 0.5) is 0 Å². The predicted octanol–water partition coefficient (Wildman–Crippen LogP) is -0.295. The average Bonchev–Trinajstić information content (AvgIpc) is 1.35. The number of rotatable bonds is 0. The van der Waals surface area contributed by atoms with Gasteiger partial charge in [0.1, 0.15) is 10.2 Å². The van der Waals surface area contributed by atoms with Gasteiger partial charge in [0.15, 0.2) is 0 Å². The average molecular weight is 95.2 g/mol. The Morgan fingerprint density at radius 3 is 2.33 bits per heavy atom. The molecule has 2 heteroatoms. The maximum absolute atomic E-state index is 9.84. The Kier molecular flexibility index (Phi) is 2.43. The summed E-state index contributed by atoms with van der Waals surface area (Å²) in [5.74, 6) is 2.11. The van der Waals surface area contributed by atoms with Crippen LogP contribution in [0.15, 0.2) is 0 Å². The van der Waals surface area contributed by atoms with Gasteiger partial charge >= 0.3 is 0 Å². The van der Waals surface area contributed by atoms with Crippen molar-refractivity contribution in [3.8, 4) is 11.5 Å². The van der Waals surface area contributed by atoms with E-state index in [1.807, 2.05) is 0 Å². The Morgan fingerprint density at radius 2 is 2.33 bits per heavy atom. The Balaban J connectivity index is 3.50. The molecule has 0 atom stereocenters. The highest BCUT2D eigenvalue weighted by molar-refractivity contribution is 6.24. The summed E-state index contributed by atoms with van der Waals surface area (Å²) in [7, 11) is 2.81. The van der Waals surface area contributed by atoms with Gasteiger partial charge in [-0.2, -0.15) is 0 Å². The number of Topliss-reactive ketones (excluding diaryl/α,β-unsaturated/α-hetero) is 1. The molecule has 0 aromatic rings. The Hall–Kier alpha value is -0.553. The maximum Gasteiger partial charge on any atom is 0.201 e. The van der Waals surface area contributed by atoms with Crippen LogP contribution in [0.5, 0.6) is 0 Å². The first-order chi connectivity index (χ1) is 2.77. The van der Waals surface area contributed by atoms with Crippen molar-refractivity contribution in [1.29, 1.82) is 0 Å². The molecule has 0 amide bonds. The van der Waals surface area contributed by atoms with E-state index >= 15 is 0 Å². The quantitative estimate of drug-likeness (QED) is 0.298. The first kappa shape index (κ1) is 5.45. The van der Waals surface area contributed by atoms with Gasteiger partial charge in [-0.15, -0.1) is 5.54 Å². The molecule has 3 radical (unpaired) electrons. The van der Waals surface area contributed by atoms with Gasteiger partial charge in [0.05, 0.1) is 0 Å². The van der Waals surface area contributed by atoms with Gasteiger partial charge in [-0.1, -0.05) is 0 Å². The molecule has 0 heterocycles. The van der Waals surface area contributed by atoms with Crippen molar-refractivity contribution >= 4 is 16.0 Å². The summed E-state index contributed by atoms with van der Waals surface area (Å²) in [6.45, 7) is 1.41. The standard InChI is InChI=1S/C4H3OSi/c1-4(5)2-3-6/h1H3. The van der Waals surface area contributed by atoms with Gasteiger partial charge < -0.3 is 0 Å². The van der Waals surface area contributed by atoms with Crippen LogP contribution >= 0.6 is 0 Å². The van der Waals surface area contributed by atoms with Crippen LogP contribution < -0.4 is 0 Å². The number of carbonyl (C=O) groups is 1. The number of carbonyl (C=O) groups excluding carboxylic acids is 1. The molecule has 0 N–H and O–H groups in total. The van der Waals surface area contributed by atoms with Crippen molar-refractivity contribution in [2.75, 3.05) is 0 Å². The van der Waals surface area contributed by atoms with Crippen molar-refractivity contribution in [2.24, 2.45) is 0 Å². The minimum absolute atomic E-state index is 0.120. The molecule has 0 fully saturated rings. The third-order valence-corrected chi connectivity index (χ3v) is 0.364. The van der Waals surface area contributed by atoms with Crippen LogP contribution in [0.1, 0.15) is 6.92 Å². The molecule has 0 saturated heterocycles. The minimum Gasteiger partial charge on any atom is -0.285 e. The smallest absolute Gasteiger partial charge is 0.201 e. The maximum atomic E-state index is 9.84. The zero-order valence-electron chi connectivity index (χ0n) is 3.41. The molecule has 0 aromatic heterocycles. The molecule has 0 aliphatic heterocycles. The molecule has 6 heavy (non-hydrogen) atoms. The Labute approximate surface area is 40.2 Å². The van der Waals surface area contributed by atoms with Crippen molar-refractivity contribution in [3.05, 3.63) is 0 Å². The highest BCUT2D eigenvalue weighted by Crippen LogP contribution is 1.55. The normalized spacial score (nSPS) is 5.67. The van der Waals surface area contributed by atoms with Crippen LogP contribution in [0, 0.1) is 11.5 Å². The molecule has 0 aliphatic rings. The predicted molar refractivity (Wildman–Crippen MR) is 24.2 cm³/mol. The van der Waals surface area contributed by atoms with E-state index in [0.717, 1.165) is 0 Å². The summed E-state index contributed by atoms with van der Waals surface area (Å²) in [4.78, 5) is 9.84. The van der Waals surface area contributed by atoms with Crippen LogP contribution in [-0.2, 0) is 4.79 Å². The van der Waals surface area contributed by atoms with Crippen molar-refractivity contribution in [2.45, 2.75) is 6.92 Å². The summed E-state index contributed by atoms with van der Waals surface area (Å²) in [6.07, 6.45) is 0. The second-order valence-electron chi connectivity index (χ2n) is 0.806. The minimum atomic E-state index is -0.120. The van der Waals surface area contributed by atoms with E-state index in [9.17, 15) is 4.79 Å². The third-order valence-electron chi connectivity index (χ3n) is 0.239. The topological polar surface area (TPSA) is 17.1 Å². The van der Waals surface area contributed by atoms with Crippen LogP contribution in [0.25, 0.3) is 0 Å². The van der Waals surface area contributed by atoms with E-state index in [2.05, 4.69) is 21.7 Å². The first-order valence-electron chi connectivity index (χ1n) is 1.45. The molecule has 0 spiro atoms. The van der Waals surface area contributed by atoms with Gasteiger partial charge in [-0.3, -0.25) is 4.79 Å². The number of hydrogen-bond acceptors (Lipinski definition) is 1. The molecule has 1 nitrogen and oxygen atoms in total.